The van der Waals surface area contributed by atoms with Crippen LogP contribution in [0, 0.1) is 0 Å². The molecule has 1 unspecified atom stereocenters. The molecule has 0 aliphatic carbocycles. The summed E-state index contributed by atoms with van der Waals surface area (Å²) in [6, 6.07) is 18.7. The number of piperidine rings is 1. The topological polar surface area (TPSA) is 53.9 Å². The molecule has 2 aromatic heterocycles. The van der Waals surface area contributed by atoms with E-state index in [4.69, 9.17) is 4.98 Å². The van der Waals surface area contributed by atoms with Crippen LogP contribution >= 0.6 is 0 Å². The Morgan fingerprint density at radius 1 is 0.963 bits per heavy atom. The third kappa shape index (κ3) is 4.89. The molecule has 138 valence electrons. The highest BCUT2D eigenvalue weighted by Crippen LogP contribution is 2.27. The van der Waals surface area contributed by atoms with E-state index in [-0.39, 0.29) is 0 Å². The number of nitrogens with one attached hydrogen (secondary N) is 1. The van der Waals surface area contributed by atoms with Crippen LogP contribution in [0.4, 0.5) is 11.8 Å². The molecule has 27 heavy (non-hydrogen) atoms. The summed E-state index contributed by atoms with van der Waals surface area (Å²) in [7, 11) is 0. The molecule has 1 aliphatic rings. The summed E-state index contributed by atoms with van der Waals surface area (Å²) in [4.78, 5) is 15.8. The van der Waals surface area contributed by atoms with Gasteiger partial charge in [-0.05, 0) is 49.6 Å². The molecule has 1 fully saturated rings. The number of aromatic nitrogens is 3. The summed E-state index contributed by atoms with van der Waals surface area (Å²) in [5.74, 6) is 1.86. The zero-order chi connectivity index (χ0) is 18.3. The standard InChI is InChI=1S/C22H25N5/c1-2-7-18(8-3-1)12-16-27-15-5-9-19(17-27)20-10-4-11-21(25-20)26-22-23-13-6-14-24-22/h1-4,6-8,10-11,13-14,19H,5,9,12,15-17H2,(H,23,24,25,26). The fourth-order valence-corrected chi connectivity index (χ4v) is 3.66. The molecule has 0 amide bonds. The molecule has 4 rings (SSSR count). The number of benzene rings is 1. The first-order valence-corrected chi connectivity index (χ1v) is 9.64. The predicted octanol–water partition coefficient (Wildman–Crippen LogP) is 4.04. The molecular formula is C22H25N5. The van der Waals surface area contributed by atoms with Gasteiger partial charge in [-0.2, -0.15) is 0 Å². The van der Waals surface area contributed by atoms with E-state index in [0.717, 1.165) is 31.0 Å². The average molecular weight is 359 g/mol. The summed E-state index contributed by atoms with van der Waals surface area (Å²) in [6.45, 7) is 3.36. The van der Waals surface area contributed by atoms with Crippen LogP contribution in [0.3, 0.4) is 0 Å². The van der Waals surface area contributed by atoms with E-state index in [2.05, 4.69) is 62.6 Å². The van der Waals surface area contributed by atoms with Gasteiger partial charge in [0, 0.05) is 37.1 Å². The summed E-state index contributed by atoms with van der Waals surface area (Å²) in [5.41, 5.74) is 2.56. The minimum absolute atomic E-state index is 0.480. The van der Waals surface area contributed by atoms with E-state index in [1.54, 1.807) is 18.5 Å². The highest BCUT2D eigenvalue weighted by Gasteiger charge is 2.22. The van der Waals surface area contributed by atoms with Crippen molar-refractivity contribution in [1.29, 1.82) is 0 Å². The second-order valence-corrected chi connectivity index (χ2v) is 7.02. The van der Waals surface area contributed by atoms with Gasteiger partial charge in [0.15, 0.2) is 0 Å². The Kier molecular flexibility index (Phi) is 5.70. The van der Waals surface area contributed by atoms with Gasteiger partial charge in [0.05, 0.1) is 0 Å². The van der Waals surface area contributed by atoms with Crippen molar-refractivity contribution in [2.24, 2.45) is 0 Å². The molecule has 5 heteroatoms. The SMILES string of the molecule is c1ccc(CCN2CCCC(c3cccc(Nc4ncccn4)n3)C2)cc1. The quantitative estimate of drug-likeness (QED) is 0.720. The fraction of sp³-hybridized carbons (Fsp3) is 0.318. The first kappa shape index (κ1) is 17.6. The molecule has 0 radical (unpaired) electrons. The molecule has 1 aromatic carbocycles. The van der Waals surface area contributed by atoms with Gasteiger partial charge in [-0.3, -0.25) is 0 Å². The van der Waals surface area contributed by atoms with E-state index in [0.29, 0.717) is 11.9 Å². The van der Waals surface area contributed by atoms with Crippen molar-refractivity contribution in [2.45, 2.75) is 25.2 Å². The molecule has 0 saturated carbocycles. The molecule has 0 spiro atoms. The second kappa shape index (κ2) is 8.73. The maximum atomic E-state index is 4.83. The summed E-state index contributed by atoms with van der Waals surface area (Å²) in [6.07, 6.45) is 6.98. The Balaban J connectivity index is 1.38. The maximum Gasteiger partial charge on any atom is 0.228 e. The number of pyridine rings is 1. The van der Waals surface area contributed by atoms with Crippen molar-refractivity contribution in [3.63, 3.8) is 0 Å². The normalized spacial score (nSPS) is 17.6. The maximum absolute atomic E-state index is 4.83. The molecule has 3 heterocycles. The average Bonchev–Trinajstić information content (AvgIpc) is 2.74. The van der Waals surface area contributed by atoms with Crippen LogP contribution in [0.25, 0.3) is 0 Å². The molecular weight excluding hydrogens is 334 g/mol. The van der Waals surface area contributed by atoms with E-state index in [9.17, 15) is 0 Å². The van der Waals surface area contributed by atoms with Crippen LogP contribution in [0.5, 0.6) is 0 Å². The smallest absolute Gasteiger partial charge is 0.228 e. The monoisotopic (exact) mass is 359 g/mol. The van der Waals surface area contributed by atoms with Crippen molar-refractivity contribution < 1.29 is 0 Å². The van der Waals surface area contributed by atoms with Crippen molar-refractivity contribution in [3.05, 3.63) is 78.2 Å². The third-order valence-corrected chi connectivity index (χ3v) is 5.06. The molecule has 0 bridgehead atoms. The van der Waals surface area contributed by atoms with E-state index < -0.39 is 0 Å². The number of hydrogen-bond acceptors (Lipinski definition) is 5. The van der Waals surface area contributed by atoms with Crippen LogP contribution in [-0.2, 0) is 6.42 Å². The number of nitrogens with zero attached hydrogens (tertiary/aromatic N) is 4. The Labute approximate surface area is 160 Å². The lowest BCUT2D eigenvalue weighted by Crippen LogP contribution is -2.36. The van der Waals surface area contributed by atoms with E-state index in [1.165, 1.54) is 24.9 Å². The van der Waals surface area contributed by atoms with Crippen molar-refractivity contribution in [1.82, 2.24) is 19.9 Å². The van der Waals surface area contributed by atoms with Gasteiger partial charge in [-0.15, -0.1) is 0 Å². The van der Waals surface area contributed by atoms with Gasteiger partial charge >= 0.3 is 0 Å². The zero-order valence-corrected chi connectivity index (χ0v) is 15.5. The van der Waals surface area contributed by atoms with Crippen LogP contribution in [0.2, 0.25) is 0 Å². The van der Waals surface area contributed by atoms with Crippen molar-refractivity contribution >= 4 is 11.8 Å². The second-order valence-electron chi connectivity index (χ2n) is 7.02. The van der Waals surface area contributed by atoms with Crippen molar-refractivity contribution in [2.75, 3.05) is 25.0 Å². The van der Waals surface area contributed by atoms with Crippen molar-refractivity contribution in [3.8, 4) is 0 Å². The van der Waals surface area contributed by atoms with Crippen LogP contribution in [0.1, 0.15) is 30.0 Å². The lowest BCUT2D eigenvalue weighted by molar-refractivity contribution is 0.208. The zero-order valence-electron chi connectivity index (χ0n) is 15.5. The van der Waals surface area contributed by atoms with E-state index in [1.807, 2.05) is 6.07 Å². The number of hydrogen-bond donors (Lipinski definition) is 1. The lowest BCUT2D eigenvalue weighted by Gasteiger charge is -2.32. The Hall–Kier alpha value is -2.79. The first-order chi connectivity index (χ1) is 13.4. The summed E-state index contributed by atoms with van der Waals surface area (Å²) >= 11 is 0. The van der Waals surface area contributed by atoms with Gasteiger partial charge < -0.3 is 10.2 Å². The fourth-order valence-electron chi connectivity index (χ4n) is 3.66. The number of likely N-dealkylation sites (tertiary alicyclic amines) is 1. The summed E-state index contributed by atoms with van der Waals surface area (Å²) < 4.78 is 0. The van der Waals surface area contributed by atoms with Crippen LogP contribution in [0.15, 0.2) is 67.0 Å². The molecule has 1 aliphatic heterocycles. The Morgan fingerprint density at radius 2 is 1.81 bits per heavy atom. The Morgan fingerprint density at radius 3 is 2.67 bits per heavy atom. The van der Waals surface area contributed by atoms with Gasteiger partial charge in [0.1, 0.15) is 5.82 Å². The number of rotatable bonds is 6. The van der Waals surface area contributed by atoms with Gasteiger partial charge in [-0.1, -0.05) is 36.4 Å². The van der Waals surface area contributed by atoms with Gasteiger partial charge in [0.2, 0.25) is 5.95 Å². The minimum atomic E-state index is 0.480. The minimum Gasteiger partial charge on any atom is -0.309 e. The van der Waals surface area contributed by atoms with E-state index >= 15 is 0 Å². The van der Waals surface area contributed by atoms with Gasteiger partial charge in [0.25, 0.3) is 0 Å². The predicted molar refractivity (Wildman–Crippen MR) is 108 cm³/mol. The summed E-state index contributed by atoms with van der Waals surface area (Å²) in [5, 5.41) is 3.19. The highest BCUT2D eigenvalue weighted by molar-refractivity contribution is 5.47. The first-order valence-electron chi connectivity index (χ1n) is 9.64. The molecule has 3 aromatic rings. The molecule has 1 N–H and O–H groups in total. The largest absolute Gasteiger partial charge is 0.309 e. The Bertz CT molecular complexity index is 838. The van der Waals surface area contributed by atoms with Gasteiger partial charge in [-0.25, -0.2) is 15.0 Å². The van der Waals surface area contributed by atoms with Crippen LogP contribution < -0.4 is 5.32 Å². The number of anilines is 2. The van der Waals surface area contributed by atoms with Crippen LogP contribution in [-0.4, -0.2) is 39.5 Å². The molecule has 1 saturated heterocycles. The third-order valence-electron chi connectivity index (χ3n) is 5.06. The highest BCUT2D eigenvalue weighted by atomic mass is 15.1. The molecule has 1 atom stereocenters. The lowest BCUT2D eigenvalue weighted by atomic mass is 9.94. The molecule has 5 nitrogen and oxygen atoms in total.